The van der Waals surface area contributed by atoms with E-state index >= 15 is 0 Å². The molecule has 1 saturated carbocycles. The molecule has 3 rings (SSSR count). The van der Waals surface area contributed by atoms with Crippen molar-refractivity contribution in [1.82, 2.24) is 0 Å². The lowest BCUT2D eigenvalue weighted by Crippen LogP contribution is -2.53. The van der Waals surface area contributed by atoms with Gasteiger partial charge in [0.2, 0.25) is 0 Å². The van der Waals surface area contributed by atoms with Crippen LogP contribution in [-0.2, 0) is 10.2 Å². The predicted octanol–water partition coefficient (Wildman–Crippen LogP) is 2.27. The minimum absolute atomic E-state index is 0.101. The first-order valence-corrected chi connectivity index (χ1v) is 5.90. The van der Waals surface area contributed by atoms with Gasteiger partial charge in [0, 0.05) is 0 Å². The smallest absolute Gasteiger partial charge is 0.119 e. The molecule has 3 heteroatoms. The van der Waals surface area contributed by atoms with E-state index in [4.69, 9.17) is 9.47 Å². The molecule has 0 atom stereocenters. The van der Waals surface area contributed by atoms with E-state index in [-0.39, 0.29) is 10.8 Å². The van der Waals surface area contributed by atoms with Crippen molar-refractivity contribution >= 4 is 0 Å². The Labute approximate surface area is 101 Å². The van der Waals surface area contributed by atoms with E-state index in [2.05, 4.69) is 12.1 Å². The highest BCUT2D eigenvalue weighted by Gasteiger charge is 2.64. The van der Waals surface area contributed by atoms with E-state index in [1.807, 2.05) is 18.2 Å². The number of benzene rings is 1. The minimum atomic E-state index is -0.197. The van der Waals surface area contributed by atoms with Crippen molar-refractivity contribution in [2.45, 2.75) is 18.3 Å². The summed E-state index contributed by atoms with van der Waals surface area (Å²) in [6.07, 6.45) is 1.98. The van der Waals surface area contributed by atoms with Gasteiger partial charge in [0.05, 0.1) is 37.2 Å². The molecular weight excluding hydrogens is 214 g/mol. The summed E-state index contributed by atoms with van der Waals surface area (Å²) in [7, 11) is 1.67. The van der Waals surface area contributed by atoms with Gasteiger partial charge in [-0.2, -0.15) is 5.26 Å². The summed E-state index contributed by atoms with van der Waals surface area (Å²) in [5, 5.41) is 9.41. The Kier molecular flexibility index (Phi) is 2.17. The molecule has 0 unspecified atom stereocenters. The van der Waals surface area contributed by atoms with Gasteiger partial charge in [-0.05, 0) is 30.5 Å². The van der Waals surface area contributed by atoms with Crippen molar-refractivity contribution in [1.29, 1.82) is 5.26 Å². The lowest BCUT2D eigenvalue weighted by atomic mass is 9.66. The molecule has 1 heterocycles. The van der Waals surface area contributed by atoms with E-state index in [9.17, 15) is 5.26 Å². The molecule has 1 aromatic rings. The van der Waals surface area contributed by atoms with Gasteiger partial charge in [0.25, 0.3) is 0 Å². The second-order valence-corrected chi connectivity index (χ2v) is 5.00. The average molecular weight is 229 g/mol. The number of methoxy groups -OCH3 is 1. The summed E-state index contributed by atoms with van der Waals surface area (Å²) in [6.45, 7) is 1.32. The summed E-state index contributed by atoms with van der Waals surface area (Å²) in [5.74, 6) is 0.850. The minimum Gasteiger partial charge on any atom is -0.497 e. The Hall–Kier alpha value is -1.53. The summed E-state index contributed by atoms with van der Waals surface area (Å²) in [6, 6.07) is 10.6. The maximum Gasteiger partial charge on any atom is 0.119 e. The summed E-state index contributed by atoms with van der Waals surface area (Å²) >= 11 is 0. The maximum absolute atomic E-state index is 9.41. The Bertz CT molecular complexity index is 481. The number of nitrogens with zero attached hydrogens (tertiary/aromatic N) is 1. The SMILES string of the molecule is COc1cccc(C2(C3(C#N)CC3)COC2)c1. The fraction of sp³-hybridized carbons (Fsp3) is 0.500. The van der Waals surface area contributed by atoms with Gasteiger partial charge in [-0.15, -0.1) is 0 Å². The van der Waals surface area contributed by atoms with Gasteiger partial charge >= 0.3 is 0 Å². The number of nitriles is 1. The molecule has 1 saturated heterocycles. The van der Waals surface area contributed by atoms with E-state index in [1.54, 1.807) is 7.11 Å². The van der Waals surface area contributed by atoms with Gasteiger partial charge in [-0.1, -0.05) is 12.1 Å². The average Bonchev–Trinajstić information content (AvgIpc) is 3.09. The van der Waals surface area contributed by atoms with E-state index < -0.39 is 0 Å². The second-order valence-electron chi connectivity index (χ2n) is 5.00. The Morgan fingerprint density at radius 2 is 2.12 bits per heavy atom. The molecule has 0 N–H and O–H groups in total. The molecule has 0 spiro atoms. The number of hydrogen-bond donors (Lipinski definition) is 0. The van der Waals surface area contributed by atoms with Crippen molar-refractivity contribution in [3.05, 3.63) is 29.8 Å². The third-order valence-electron chi connectivity index (χ3n) is 4.20. The summed E-state index contributed by atoms with van der Waals surface area (Å²) < 4.78 is 10.7. The fourth-order valence-corrected chi connectivity index (χ4v) is 2.77. The van der Waals surface area contributed by atoms with Crippen molar-refractivity contribution in [3.8, 4) is 11.8 Å². The molecule has 1 aliphatic carbocycles. The molecule has 2 aliphatic rings. The van der Waals surface area contributed by atoms with E-state index in [0.29, 0.717) is 13.2 Å². The molecule has 0 radical (unpaired) electrons. The first kappa shape index (κ1) is 10.6. The van der Waals surface area contributed by atoms with Gasteiger partial charge in [-0.3, -0.25) is 0 Å². The summed E-state index contributed by atoms with van der Waals surface area (Å²) in [5.41, 5.74) is 0.885. The van der Waals surface area contributed by atoms with Crippen molar-refractivity contribution < 1.29 is 9.47 Å². The zero-order valence-electron chi connectivity index (χ0n) is 9.90. The lowest BCUT2D eigenvalue weighted by Gasteiger charge is -2.45. The van der Waals surface area contributed by atoms with E-state index in [0.717, 1.165) is 18.6 Å². The zero-order valence-corrected chi connectivity index (χ0v) is 9.90. The summed E-state index contributed by atoms with van der Waals surface area (Å²) in [4.78, 5) is 0. The highest BCUT2D eigenvalue weighted by atomic mass is 16.5. The Morgan fingerprint density at radius 3 is 2.59 bits per heavy atom. The van der Waals surface area contributed by atoms with Crippen LogP contribution in [0.25, 0.3) is 0 Å². The Morgan fingerprint density at radius 1 is 1.35 bits per heavy atom. The largest absolute Gasteiger partial charge is 0.497 e. The number of rotatable bonds is 3. The topological polar surface area (TPSA) is 42.2 Å². The molecule has 0 amide bonds. The van der Waals surface area contributed by atoms with Gasteiger partial charge in [0.15, 0.2) is 0 Å². The third-order valence-corrected chi connectivity index (χ3v) is 4.20. The third kappa shape index (κ3) is 1.31. The zero-order chi connectivity index (χ0) is 11.9. The molecule has 0 bridgehead atoms. The first-order valence-electron chi connectivity index (χ1n) is 5.90. The molecule has 2 fully saturated rings. The van der Waals surface area contributed by atoms with Crippen molar-refractivity contribution in [2.75, 3.05) is 20.3 Å². The molecule has 0 aromatic heterocycles. The van der Waals surface area contributed by atoms with Crippen LogP contribution in [0.1, 0.15) is 18.4 Å². The Balaban J connectivity index is 2.03. The monoisotopic (exact) mass is 229 g/mol. The van der Waals surface area contributed by atoms with Crippen LogP contribution < -0.4 is 4.74 Å². The van der Waals surface area contributed by atoms with Crippen LogP contribution in [0.5, 0.6) is 5.75 Å². The quantitative estimate of drug-likeness (QED) is 0.798. The highest BCUT2D eigenvalue weighted by molar-refractivity contribution is 5.42. The van der Waals surface area contributed by atoms with Crippen LogP contribution in [-0.4, -0.2) is 20.3 Å². The maximum atomic E-state index is 9.41. The normalized spacial score (nSPS) is 23.3. The van der Waals surface area contributed by atoms with Gasteiger partial charge < -0.3 is 9.47 Å². The van der Waals surface area contributed by atoms with Crippen molar-refractivity contribution in [3.63, 3.8) is 0 Å². The van der Waals surface area contributed by atoms with Gasteiger partial charge in [-0.25, -0.2) is 0 Å². The number of hydrogen-bond acceptors (Lipinski definition) is 3. The van der Waals surface area contributed by atoms with Crippen LogP contribution in [0, 0.1) is 16.7 Å². The second kappa shape index (κ2) is 3.48. The van der Waals surface area contributed by atoms with Crippen molar-refractivity contribution in [2.24, 2.45) is 5.41 Å². The van der Waals surface area contributed by atoms with Crippen LogP contribution >= 0.6 is 0 Å². The number of ether oxygens (including phenoxy) is 2. The fourth-order valence-electron chi connectivity index (χ4n) is 2.77. The first-order chi connectivity index (χ1) is 8.26. The predicted molar refractivity (Wildman–Crippen MR) is 62.8 cm³/mol. The molecular formula is C14H15NO2. The van der Waals surface area contributed by atoms with Crippen LogP contribution in [0.3, 0.4) is 0 Å². The van der Waals surface area contributed by atoms with Crippen LogP contribution in [0.15, 0.2) is 24.3 Å². The van der Waals surface area contributed by atoms with Gasteiger partial charge in [0.1, 0.15) is 5.75 Å². The van der Waals surface area contributed by atoms with Crippen LogP contribution in [0.4, 0.5) is 0 Å². The molecule has 1 aromatic carbocycles. The molecule has 17 heavy (non-hydrogen) atoms. The lowest BCUT2D eigenvalue weighted by molar-refractivity contribution is -0.0867. The molecule has 1 aliphatic heterocycles. The standard InChI is InChI=1S/C14H15NO2/c1-16-12-4-2-3-11(7-12)14(9-17-10-14)13(8-15)5-6-13/h2-4,7H,5-6,9-10H2,1H3. The van der Waals surface area contributed by atoms with Crippen LogP contribution in [0.2, 0.25) is 0 Å². The molecule has 3 nitrogen and oxygen atoms in total. The molecule has 88 valence electrons. The highest BCUT2D eigenvalue weighted by Crippen LogP contribution is 2.62. The van der Waals surface area contributed by atoms with E-state index in [1.165, 1.54) is 5.56 Å².